The maximum absolute atomic E-state index is 12.7. The lowest BCUT2D eigenvalue weighted by atomic mass is 9.97. The Bertz CT molecular complexity index is 865. The van der Waals surface area contributed by atoms with E-state index in [4.69, 9.17) is 9.72 Å². The molecule has 2 aromatic rings. The summed E-state index contributed by atoms with van der Waals surface area (Å²) in [4.78, 5) is 29.0. The van der Waals surface area contributed by atoms with Gasteiger partial charge in [-0.15, -0.1) is 0 Å². The number of carbonyl (C=O) groups excluding carboxylic acids is 1. The largest absolute Gasteiger partial charge is 0.379 e. The highest BCUT2D eigenvalue weighted by atomic mass is 16.5. The first-order valence-electron chi connectivity index (χ1n) is 11.5. The van der Waals surface area contributed by atoms with Crippen molar-refractivity contribution in [3.8, 4) is 0 Å². The summed E-state index contributed by atoms with van der Waals surface area (Å²) in [5, 5.41) is 3.08. The number of fused-ring (bicyclic) bond motifs is 3. The normalized spacial score (nSPS) is 19.7. The second kappa shape index (κ2) is 9.73. The van der Waals surface area contributed by atoms with Gasteiger partial charge < -0.3 is 19.5 Å². The molecule has 0 spiro atoms. The Labute approximate surface area is 178 Å². The summed E-state index contributed by atoms with van der Waals surface area (Å²) in [6, 6.07) is 0. The lowest BCUT2D eigenvalue weighted by Gasteiger charge is -2.32. The van der Waals surface area contributed by atoms with Crippen LogP contribution in [0.5, 0.6) is 0 Å². The van der Waals surface area contributed by atoms with Crippen LogP contribution < -0.4 is 10.2 Å². The standard InChI is InChI=1S/C22H34N6O2/c1-16(2)30-13-7-10-23-22(29)17-8-6-11-27(14-17)20-19-21(25-15-24-20)28-12-5-3-4-9-18(28)26-19/h15-17H,3-14H2,1-2H3,(H,23,29)/t17-/m1/s1. The fraction of sp³-hybridized carbons (Fsp3) is 0.727. The number of aryl methyl sites for hydroxylation is 2. The van der Waals surface area contributed by atoms with Gasteiger partial charge in [0.25, 0.3) is 0 Å². The zero-order valence-electron chi connectivity index (χ0n) is 18.3. The summed E-state index contributed by atoms with van der Waals surface area (Å²) in [7, 11) is 0. The molecule has 1 fully saturated rings. The van der Waals surface area contributed by atoms with Gasteiger partial charge in [0, 0.05) is 39.2 Å². The Balaban J connectivity index is 1.42. The number of nitrogens with zero attached hydrogens (tertiary/aromatic N) is 5. The molecule has 0 saturated carbocycles. The molecule has 1 saturated heterocycles. The van der Waals surface area contributed by atoms with Gasteiger partial charge >= 0.3 is 0 Å². The molecule has 0 radical (unpaired) electrons. The number of hydrogen-bond acceptors (Lipinski definition) is 6. The Kier molecular flexibility index (Phi) is 6.82. The molecule has 164 valence electrons. The topological polar surface area (TPSA) is 85.2 Å². The smallest absolute Gasteiger partial charge is 0.224 e. The number of nitrogens with one attached hydrogen (secondary N) is 1. The Hall–Kier alpha value is -2.22. The van der Waals surface area contributed by atoms with Crippen molar-refractivity contribution >= 4 is 22.9 Å². The molecule has 8 heteroatoms. The van der Waals surface area contributed by atoms with E-state index in [9.17, 15) is 4.79 Å². The molecule has 4 heterocycles. The summed E-state index contributed by atoms with van der Waals surface area (Å²) in [6.45, 7) is 7.96. The number of rotatable bonds is 7. The molecular formula is C22H34N6O2. The van der Waals surface area contributed by atoms with Crippen LogP contribution in [0.15, 0.2) is 6.33 Å². The van der Waals surface area contributed by atoms with Crippen molar-refractivity contribution < 1.29 is 9.53 Å². The predicted octanol–water partition coefficient (Wildman–Crippen LogP) is 2.70. The number of piperidine rings is 1. The molecule has 0 bridgehead atoms. The summed E-state index contributed by atoms with van der Waals surface area (Å²) in [5.41, 5.74) is 1.83. The highest BCUT2D eigenvalue weighted by Crippen LogP contribution is 2.29. The van der Waals surface area contributed by atoms with Crippen molar-refractivity contribution in [3.05, 3.63) is 12.2 Å². The molecule has 2 aliphatic rings. The van der Waals surface area contributed by atoms with Crippen LogP contribution in [-0.4, -0.2) is 57.8 Å². The van der Waals surface area contributed by atoms with E-state index in [0.29, 0.717) is 19.7 Å². The molecule has 1 amide bonds. The minimum absolute atomic E-state index is 0.0183. The van der Waals surface area contributed by atoms with E-state index in [-0.39, 0.29) is 17.9 Å². The number of ether oxygens (including phenoxy) is 1. The molecule has 4 rings (SSSR count). The van der Waals surface area contributed by atoms with E-state index < -0.39 is 0 Å². The first-order chi connectivity index (χ1) is 14.6. The predicted molar refractivity (Wildman–Crippen MR) is 117 cm³/mol. The number of hydrogen-bond donors (Lipinski definition) is 1. The highest BCUT2D eigenvalue weighted by molar-refractivity contribution is 5.85. The molecule has 0 aromatic carbocycles. The van der Waals surface area contributed by atoms with Gasteiger partial charge in [-0.3, -0.25) is 4.79 Å². The molecule has 8 nitrogen and oxygen atoms in total. The average Bonchev–Trinajstić information content (AvgIpc) is 2.94. The minimum atomic E-state index is -0.0183. The lowest BCUT2D eigenvalue weighted by Crippen LogP contribution is -2.43. The van der Waals surface area contributed by atoms with Crippen molar-refractivity contribution in [2.24, 2.45) is 5.92 Å². The second-order valence-electron chi connectivity index (χ2n) is 8.71. The van der Waals surface area contributed by atoms with Crippen LogP contribution in [0.25, 0.3) is 11.2 Å². The van der Waals surface area contributed by atoms with Gasteiger partial charge in [-0.25, -0.2) is 15.0 Å². The Morgan fingerprint density at radius 3 is 3.00 bits per heavy atom. The maximum Gasteiger partial charge on any atom is 0.224 e. The second-order valence-corrected chi connectivity index (χ2v) is 8.71. The van der Waals surface area contributed by atoms with Crippen molar-refractivity contribution in [3.63, 3.8) is 0 Å². The first kappa shape index (κ1) is 21.0. The third kappa shape index (κ3) is 4.74. The number of aromatic nitrogens is 4. The molecule has 0 unspecified atom stereocenters. The number of imidazole rings is 1. The van der Waals surface area contributed by atoms with Gasteiger partial charge in [0.1, 0.15) is 12.2 Å². The van der Waals surface area contributed by atoms with E-state index in [0.717, 1.165) is 61.6 Å². The highest BCUT2D eigenvalue weighted by Gasteiger charge is 2.28. The monoisotopic (exact) mass is 414 g/mol. The van der Waals surface area contributed by atoms with Gasteiger partial charge in [-0.05, 0) is 46.0 Å². The van der Waals surface area contributed by atoms with Crippen molar-refractivity contribution in [2.75, 3.05) is 31.1 Å². The molecular weight excluding hydrogens is 380 g/mol. The molecule has 1 atom stereocenters. The molecule has 30 heavy (non-hydrogen) atoms. The van der Waals surface area contributed by atoms with E-state index >= 15 is 0 Å². The van der Waals surface area contributed by atoms with Crippen molar-refractivity contribution in [1.29, 1.82) is 0 Å². The third-order valence-corrected chi connectivity index (χ3v) is 6.04. The summed E-state index contributed by atoms with van der Waals surface area (Å²) < 4.78 is 7.81. The van der Waals surface area contributed by atoms with Crippen molar-refractivity contribution in [2.45, 2.75) is 71.4 Å². The fourth-order valence-electron chi connectivity index (χ4n) is 4.49. The number of carbonyl (C=O) groups is 1. The Morgan fingerprint density at radius 1 is 1.23 bits per heavy atom. The summed E-state index contributed by atoms with van der Waals surface area (Å²) >= 11 is 0. The van der Waals surface area contributed by atoms with Gasteiger partial charge in [0.15, 0.2) is 17.0 Å². The quantitative estimate of drug-likeness (QED) is 0.701. The lowest BCUT2D eigenvalue weighted by molar-refractivity contribution is -0.125. The number of amides is 1. The van der Waals surface area contributed by atoms with Crippen LogP contribution in [-0.2, 0) is 22.5 Å². The maximum atomic E-state index is 12.7. The van der Waals surface area contributed by atoms with Crippen molar-refractivity contribution in [1.82, 2.24) is 24.8 Å². The van der Waals surface area contributed by atoms with Crippen LogP contribution in [0, 0.1) is 5.92 Å². The molecule has 0 aliphatic carbocycles. The zero-order valence-corrected chi connectivity index (χ0v) is 18.3. The van der Waals surface area contributed by atoms with E-state index in [1.807, 2.05) is 13.8 Å². The van der Waals surface area contributed by atoms with Crippen LogP contribution in [0.4, 0.5) is 5.82 Å². The molecule has 2 aromatic heterocycles. The van der Waals surface area contributed by atoms with Gasteiger partial charge in [0.05, 0.1) is 12.0 Å². The van der Waals surface area contributed by atoms with Gasteiger partial charge in [-0.1, -0.05) is 6.42 Å². The van der Waals surface area contributed by atoms with Crippen LogP contribution in [0.1, 0.15) is 58.2 Å². The minimum Gasteiger partial charge on any atom is -0.379 e. The van der Waals surface area contributed by atoms with E-state index in [1.165, 1.54) is 19.3 Å². The van der Waals surface area contributed by atoms with Crippen LogP contribution in [0.3, 0.4) is 0 Å². The van der Waals surface area contributed by atoms with E-state index in [1.54, 1.807) is 6.33 Å². The average molecular weight is 415 g/mol. The molecule has 2 aliphatic heterocycles. The fourth-order valence-corrected chi connectivity index (χ4v) is 4.49. The summed E-state index contributed by atoms with van der Waals surface area (Å²) in [6.07, 6.45) is 9.22. The molecule has 1 N–H and O–H groups in total. The first-order valence-corrected chi connectivity index (χ1v) is 11.5. The third-order valence-electron chi connectivity index (χ3n) is 6.04. The van der Waals surface area contributed by atoms with E-state index in [2.05, 4.69) is 24.8 Å². The van der Waals surface area contributed by atoms with Crippen LogP contribution >= 0.6 is 0 Å². The SMILES string of the molecule is CC(C)OCCCNC(=O)[C@@H]1CCCN(c2ncnc3c2nc2n3CCCCC2)C1. The summed E-state index contributed by atoms with van der Waals surface area (Å²) in [5.74, 6) is 2.12. The van der Waals surface area contributed by atoms with Crippen LogP contribution in [0.2, 0.25) is 0 Å². The zero-order chi connectivity index (χ0) is 20.9. The van der Waals surface area contributed by atoms with Gasteiger partial charge in [0.2, 0.25) is 5.91 Å². The number of anilines is 1. The Morgan fingerprint density at radius 2 is 2.13 bits per heavy atom. The van der Waals surface area contributed by atoms with Gasteiger partial charge in [-0.2, -0.15) is 0 Å².